The monoisotopic (exact) mass is 494 g/mol. The number of carbonyl (C=O) groups is 2. The summed E-state index contributed by atoms with van der Waals surface area (Å²) < 4.78 is 15.6. The second kappa shape index (κ2) is 11.3. The van der Waals surface area contributed by atoms with Gasteiger partial charge < -0.3 is 25.4 Å². The summed E-state index contributed by atoms with van der Waals surface area (Å²) in [6.07, 6.45) is 3.18. The second-order valence-corrected chi connectivity index (χ2v) is 9.25. The number of thioether (sulfide) groups is 1. The van der Waals surface area contributed by atoms with E-state index >= 15 is 0 Å². The van der Waals surface area contributed by atoms with Crippen LogP contribution in [0.3, 0.4) is 0 Å². The Bertz CT molecular complexity index is 1030. The van der Waals surface area contributed by atoms with Crippen LogP contribution in [0.2, 0.25) is 0 Å². The number of nitrogens with one attached hydrogen (secondary N) is 3. The van der Waals surface area contributed by atoms with E-state index in [2.05, 4.69) is 30.9 Å². The highest BCUT2D eigenvalue weighted by molar-refractivity contribution is 8.00. The zero-order valence-electron chi connectivity index (χ0n) is 18.4. The van der Waals surface area contributed by atoms with Crippen LogP contribution in [0, 0.1) is 10.1 Å². The maximum atomic E-state index is 12.0. The molecule has 3 N–H and O–H groups in total. The van der Waals surface area contributed by atoms with Crippen molar-refractivity contribution in [2.45, 2.75) is 43.0 Å². The van der Waals surface area contributed by atoms with Gasteiger partial charge >= 0.3 is 11.7 Å². The molecule has 1 aromatic heterocycles. The van der Waals surface area contributed by atoms with Gasteiger partial charge in [0.15, 0.2) is 11.3 Å². The predicted molar refractivity (Wildman–Crippen MR) is 122 cm³/mol. The van der Waals surface area contributed by atoms with E-state index in [1.807, 2.05) is 11.8 Å². The van der Waals surface area contributed by atoms with Gasteiger partial charge in [-0.15, -0.1) is 0 Å². The highest BCUT2D eigenvalue weighted by atomic mass is 32.2. The first-order chi connectivity index (χ1) is 16.5. The van der Waals surface area contributed by atoms with Crippen molar-refractivity contribution in [1.29, 1.82) is 0 Å². The van der Waals surface area contributed by atoms with Crippen LogP contribution in [0.25, 0.3) is 11.0 Å². The topological polar surface area (TPSA) is 171 Å². The molecule has 4 rings (SSSR count). The first-order valence-electron chi connectivity index (χ1n) is 11.1. The number of non-ortho nitro benzene ring substituents is 1. The first kappa shape index (κ1) is 24.0. The molecular formula is C20H26N6O7S. The van der Waals surface area contributed by atoms with Crippen LogP contribution in [-0.4, -0.2) is 76.6 Å². The average Bonchev–Trinajstić information content (AvgIpc) is 3.52. The molecule has 3 heterocycles. The van der Waals surface area contributed by atoms with Gasteiger partial charge in [0.05, 0.1) is 30.2 Å². The highest BCUT2D eigenvalue weighted by Crippen LogP contribution is 2.33. The van der Waals surface area contributed by atoms with E-state index < -0.39 is 4.92 Å². The quantitative estimate of drug-likeness (QED) is 0.160. The van der Waals surface area contributed by atoms with Crippen LogP contribution in [0.1, 0.15) is 25.7 Å². The molecule has 2 aliphatic heterocycles. The second-order valence-electron chi connectivity index (χ2n) is 7.98. The molecule has 3 atom stereocenters. The van der Waals surface area contributed by atoms with Crippen LogP contribution in [0.4, 0.5) is 10.5 Å². The van der Waals surface area contributed by atoms with Crippen molar-refractivity contribution in [2.75, 3.05) is 32.1 Å². The molecule has 13 nitrogen and oxygen atoms in total. The van der Waals surface area contributed by atoms with Gasteiger partial charge in [-0.1, -0.05) is 6.42 Å². The zero-order valence-corrected chi connectivity index (χ0v) is 19.2. The van der Waals surface area contributed by atoms with Gasteiger partial charge in [-0.2, -0.15) is 11.8 Å². The van der Waals surface area contributed by atoms with Crippen LogP contribution < -0.4 is 20.7 Å². The number of amides is 3. The lowest BCUT2D eigenvalue weighted by molar-refractivity contribution is -0.383. The molecule has 0 spiro atoms. The van der Waals surface area contributed by atoms with E-state index in [1.54, 1.807) is 0 Å². The minimum atomic E-state index is -0.564. The molecule has 34 heavy (non-hydrogen) atoms. The Balaban J connectivity index is 1.03. The molecule has 2 aromatic rings. The number of rotatable bonds is 13. The molecule has 14 heteroatoms. The Kier molecular flexibility index (Phi) is 8.00. The number of carbonyl (C=O) groups excluding carboxylic acids is 2. The summed E-state index contributed by atoms with van der Waals surface area (Å²) in [5.74, 6) is 1.24. The van der Waals surface area contributed by atoms with Gasteiger partial charge in [-0.25, -0.2) is 9.42 Å². The lowest BCUT2D eigenvalue weighted by Gasteiger charge is -2.16. The van der Waals surface area contributed by atoms with Crippen molar-refractivity contribution in [1.82, 2.24) is 26.3 Å². The SMILES string of the molecule is O=C(CCCC[C@@H]1SC[C@@H]2NC(=O)N[C@@H]21)NCCOCCOc1ccc([N+](=O)[O-])c2nonc12. The Morgan fingerprint density at radius 3 is 2.94 bits per heavy atom. The number of unbranched alkanes of at least 4 members (excludes halogenated alkanes) is 1. The van der Waals surface area contributed by atoms with Gasteiger partial charge in [0.1, 0.15) is 6.61 Å². The number of nitro groups is 1. The van der Waals surface area contributed by atoms with Crippen LogP contribution in [-0.2, 0) is 9.53 Å². The van der Waals surface area contributed by atoms with Crippen molar-refractivity contribution >= 4 is 40.4 Å². The van der Waals surface area contributed by atoms with Crippen molar-refractivity contribution < 1.29 is 28.6 Å². The summed E-state index contributed by atoms with van der Waals surface area (Å²) in [4.78, 5) is 33.8. The van der Waals surface area contributed by atoms with Crippen molar-refractivity contribution in [3.05, 3.63) is 22.2 Å². The number of urea groups is 1. The summed E-state index contributed by atoms with van der Waals surface area (Å²) >= 11 is 1.88. The van der Waals surface area contributed by atoms with Gasteiger partial charge in [0.2, 0.25) is 11.4 Å². The van der Waals surface area contributed by atoms with E-state index in [0.717, 1.165) is 25.0 Å². The molecule has 184 valence electrons. The molecule has 0 radical (unpaired) electrons. The molecule has 1 aromatic carbocycles. The standard InChI is InChI=1S/C20H26N6O7S/c27-16(4-2-1-3-15-17-12(11-34-15)22-20(28)23-17)21-7-8-31-9-10-32-14-6-5-13(26(29)30)18-19(14)25-33-24-18/h5-6,12,15,17H,1-4,7-11H2,(H,21,27)(H2,22,23,28)/t12-,15-,17-/m0/s1. The average molecular weight is 495 g/mol. The Morgan fingerprint density at radius 2 is 2.09 bits per heavy atom. The fourth-order valence-electron chi connectivity index (χ4n) is 4.03. The number of fused-ring (bicyclic) bond motifs is 2. The van der Waals surface area contributed by atoms with Crippen molar-refractivity contribution in [2.24, 2.45) is 0 Å². The minimum Gasteiger partial charge on any atom is -0.489 e. The summed E-state index contributed by atoms with van der Waals surface area (Å²) in [5, 5.41) is 27.3. The van der Waals surface area contributed by atoms with E-state index in [4.69, 9.17) is 9.47 Å². The van der Waals surface area contributed by atoms with Crippen LogP contribution in [0.15, 0.2) is 16.8 Å². The lowest BCUT2D eigenvalue weighted by atomic mass is 10.0. The molecule has 0 bridgehead atoms. The molecule has 2 saturated heterocycles. The summed E-state index contributed by atoms with van der Waals surface area (Å²) in [5.41, 5.74) is -0.00151. The van der Waals surface area contributed by atoms with Gasteiger partial charge in [-0.05, 0) is 29.2 Å². The maximum absolute atomic E-state index is 12.0. The third-order valence-electron chi connectivity index (χ3n) is 5.69. The van der Waals surface area contributed by atoms with Gasteiger partial charge in [0.25, 0.3) is 0 Å². The fraction of sp³-hybridized carbons (Fsp3) is 0.600. The number of nitro benzene ring substituents is 1. The molecule has 2 aliphatic rings. The molecule has 0 unspecified atom stereocenters. The highest BCUT2D eigenvalue weighted by Gasteiger charge is 2.42. The number of benzene rings is 1. The molecule has 3 amide bonds. The summed E-state index contributed by atoms with van der Waals surface area (Å²) in [6.45, 7) is 1.20. The summed E-state index contributed by atoms with van der Waals surface area (Å²) in [6, 6.07) is 3.07. The number of nitrogens with zero attached hydrogens (tertiary/aromatic N) is 3. The Labute approximate surface area is 198 Å². The number of aromatic nitrogens is 2. The molecule has 2 fully saturated rings. The lowest BCUT2D eigenvalue weighted by Crippen LogP contribution is -2.36. The van der Waals surface area contributed by atoms with Crippen LogP contribution in [0.5, 0.6) is 5.75 Å². The molecular weight excluding hydrogens is 468 g/mol. The van der Waals surface area contributed by atoms with Crippen molar-refractivity contribution in [3.8, 4) is 5.75 Å². The van der Waals surface area contributed by atoms with Gasteiger partial charge in [-0.3, -0.25) is 14.9 Å². The smallest absolute Gasteiger partial charge is 0.315 e. The van der Waals surface area contributed by atoms with Crippen molar-refractivity contribution in [3.63, 3.8) is 0 Å². The largest absolute Gasteiger partial charge is 0.489 e. The number of hydrogen-bond acceptors (Lipinski definition) is 10. The molecule has 0 aliphatic carbocycles. The predicted octanol–water partition coefficient (Wildman–Crippen LogP) is 1.37. The normalized spacial score (nSPS) is 21.2. The third kappa shape index (κ3) is 5.86. The Morgan fingerprint density at radius 1 is 1.24 bits per heavy atom. The minimum absolute atomic E-state index is 0.0144. The third-order valence-corrected chi connectivity index (χ3v) is 7.20. The van der Waals surface area contributed by atoms with E-state index in [9.17, 15) is 19.7 Å². The fourth-order valence-corrected chi connectivity index (χ4v) is 5.58. The number of hydrogen-bond donors (Lipinski definition) is 3. The van der Waals surface area contributed by atoms with E-state index in [1.165, 1.54) is 12.1 Å². The van der Waals surface area contributed by atoms with Gasteiger partial charge in [0, 0.05) is 30.0 Å². The first-order valence-corrected chi connectivity index (χ1v) is 12.1. The number of ether oxygens (including phenoxy) is 2. The van der Waals surface area contributed by atoms with E-state index in [-0.39, 0.29) is 54.0 Å². The molecule has 0 saturated carbocycles. The Hall–Kier alpha value is -3.13. The maximum Gasteiger partial charge on any atom is 0.315 e. The zero-order chi connectivity index (χ0) is 23.9. The summed E-state index contributed by atoms with van der Waals surface area (Å²) in [7, 11) is 0. The van der Waals surface area contributed by atoms with Crippen LogP contribution >= 0.6 is 11.8 Å². The van der Waals surface area contributed by atoms with E-state index in [0.29, 0.717) is 30.6 Å².